The first kappa shape index (κ1) is 14.9. The van der Waals surface area contributed by atoms with Crippen LogP contribution in [-0.4, -0.2) is 33.8 Å². The number of carbonyl (C=O) groups is 1. The number of urea groups is 1. The van der Waals surface area contributed by atoms with E-state index in [0.29, 0.717) is 13.1 Å². The third-order valence-corrected chi connectivity index (χ3v) is 4.10. The van der Waals surface area contributed by atoms with E-state index in [1.807, 2.05) is 40.0 Å². The van der Waals surface area contributed by atoms with Crippen molar-refractivity contribution >= 4 is 17.6 Å². The van der Waals surface area contributed by atoms with E-state index in [4.69, 9.17) is 11.6 Å². The molecule has 2 aromatic rings. The molecule has 1 aliphatic heterocycles. The number of hydrogen-bond donors (Lipinski definition) is 1. The van der Waals surface area contributed by atoms with Crippen LogP contribution in [0.25, 0.3) is 0 Å². The molecule has 0 aliphatic carbocycles. The number of halogens is 1. The van der Waals surface area contributed by atoms with Gasteiger partial charge >= 0.3 is 6.03 Å². The third kappa shape index (κ3) is 3.60. The molecule has 0 saturated heterocycles. The Labute approximate surface area is 134 Å². The number of carbonyl (C=O) groups excluding carboxylic acids is 1. The second-order valence-corrected chi connectivity index (χ2v) is 5.88. The molecule has 3 rings (SSSR count). The molecule has 0 unspecified atom stereocenters. The Bertz CT molecular complexity index is 642. The van der Waals surface area contributed by atoms with Gasteiger partial charge in [0.25, 0.3) is 0 Å². The van der Waals surface area contributed by atoms with E-state index in [9.17, 15) is 4.79 Å². The highest BCUT2D eigenvalue weighted by atomic mass is 35.5. The van der Waals surface area contributed by atoms with Crippen LogP contribution in [-0.2, 0) is 19.5 Å². The second-order valence-electron chi connectivity index (χ2n) is 5.44. The normalized spacial score (nSPS) is 13.8. The number of aryl methyl sites for hydroxylation is 1. The molecule has 116 valence electrons. The summed E-state index contributed by atoms with van der Waals surface area (Å²) in [5, 5.41) is 7.87. The fourth-order valence-electron chi connectivity index (χ4n) is 2.68. The monoisotopic (exact) mass is 318 g/mol. The number of nitrogens with one attached hydrogen (secondary N) is 1. The Hall–Kier alpha value is -2.01. The van der Waals surface area contributed by atoms with E-state index in [1.165, 1.54) is 11.1 Å². The summed E-state index contributed by atoms with van der Waals surface area (Å²) in [4.78, 5) is 14.1. The number of aromatic nitrogens is 2. The van der Waals surface area contributed by atoms with Crippen LogP contribution in [0.3, 0.4) is 0 Å². The number of nitrogens with zero attached hydrogens (tertiary/aromatic N) is 3. The van der Waals surface area contributed by atoms with Crippen molar-refractivity contribution in [2.45, 2.75) is 25.9 Å². The largest absolute Gasteiger partial charge is 0.338 e. The summed E-state index contributed by atoms with van der Waals surface area (Å²) < 4.78 is 1.87. The van der Waals surface area contributed by atoms with Crippen LogP contribution < -0.4 is 5.32 Å². The highest BCUT2D eigenvalue weighted by Crippen LogP contribution is 2.22. The van der Waals surface area contributed by atoms with Crippen LogP contribution in [0, 0.1) is 0 Å². The summed E-state index contributed by atoms with van der Waals surface area (Å²) >= 11 is 6.00. The van der Waals surface area contributed by atoms with Crippen molar-refractivity contribution in [3.05, 3.63) is 52.8 Å². The fraction of sp³-hybridized carbons (Fsp3) is 0.375. The van der Waals surface area contributed by atoms with Gasteiger partial charge in [-0.3, -0.25) is 4.68 Å². The molecule has 0 saturated carbocycles. The molecule has 22 heavy (non-hydrogen) atoms. The van der Waals surface area contributed by atoms with Crippen molar-refractivity contribution in [2.24, 2.45) is 0 Å². The van der Waals surface area contributed by atoms with Gasteiger partial charge in [-0.2, -0.15) is 5.10 Å². The molecule has 6 heteroatoms. The van der Waals surface area contributed by atoms with Crippen LogP contribution in [0.5, 0.6) is 0 Å². The molecule has 1 aliphatic rings. The number of amides is 2. The molecule has 0 bridgehead atoms. The van der Waals surface area contributed by atoms with Gasteiger partial charge < -0.3 is 10.2 Å². The lowest BCUT2D eigenvalue weighted by Gasteiger charge is -2.29. The van der Waals surface area contributed by atoms with Gasteiger partial charge in [-0.1, -0.05) is 17.7 Å². The topological polar surface area (TPSA) is 50.2 Å². The van der Waals surface area contributed by atoms with Crippen LogP contribution >= 0.6 is 11.6 Å². The van der Waals surface area contributed by atoms with E-state index in [1.54, 1.807) is 6.20 Å². The fourth-order valence-corrected chi connectivity index (χ4v) is 2.87. The maximum Gasteiger partial charge on any atom is 0.317 e. The average molecular weight is 319 g/mol. The van der Waals surface area contributed by atoms with Gasteiger partial charge in [0.2, 0.25) is 0 Å². The molecular weight excluding hydrogens is 300 g/mol. The molecule has 1 aromatic carbocycles. The molecule has 2 amide bonds. The zero-order valence-corrected chi connectivity index (χ0v) is 13.1. The standard InChI is InChI=1S/C16H19ClN4O/c17-15-4-3-14-12-20(10-5-13(14)11-15)16(22)18-6-1-8-21-9-2-7-19-21/h2-4,7,9,11H,1,5-6,8,10,12H2,(H,18,22). The minimum absolute atomic E-state index is 0.000986. The number of benzene rings is 1. The molecule has 0 spiro atoms. The van der Waals surface area contributed by atoms with Crippen LogP contribution in [0.1, 0.15) is 17.5 Å². The third-order valence-electron chi connectivity index (χ3n) is 3.87. The molecule has 0 radical (unpaired) electrons. The zero-order valence-electron chi connectivity index (χ0n) is 12.3. The van der Waals surface area contributed by atoms with Crippen molar-refractivity contribution in [2.75, 3.05) is 13.1 Å². The summed E-state index contributed by atoms with van der Waals surface area (Å²) in [6.07, 6.45) is 5.41. The Morgan fingerprint density at radius 3 is 3.09 bits per heavy atom. The molecule has 5 nitrogen and oxygen atoms in total. The van der Waals surface area contributed by atoms with Crippen molar-refractivity contribution in [1.82, 2.24) is 20.0 Å². The summed E-state index contributed by atoms with van der Waals surface area (Å²) in [5.74, 6) is 0. The van der Waals surface area contributed by atoms with Crippen molar-refractivity contribution in [3.63, 3.8) is 0 Å². The van der Waals surface area contributed by atoms with E-state index in [2.05, 4.69) is 10.4 Å². The van der Waals surface area contributed by atoms with Gasteiger partial charge in [0.05, 0.1) is 0 Å². The van der Waals surface area contributed by atoms with E-state index >= 15 is 0 Å². The number of rotatable bonds is 4. The van der Waals surface area contributed by atoms with Crippen LogP contribution in [0.15, 0.2) is 36.7 Å². The second kappa shape index (κ2) is 6.83. The lowest BCUT2D eigenvalue weighted by Crippen LogP contribution is -2.43. The predicted molar refractivity (Wildman–Crippen MR) is 85.8 cm³/mol. The summed E-state index contributed by atoms with van der Waals surface area (Å²) in [7, 11) is 0. The minimum atomic E-state index is 0.000986. The Kier molecular flexibility index (Phi) is 4.63. The summed E-state index contributed by atoms with van der Waals surface area (Å²) in [5.41, 5.74) is 2.43. The van der Waals surface area contributed by atoms with Gasteiger partial charge in [-0.25, -0.2) is 4.79 Å². The zero-order chi connectivity index (χ0) is 15.4. The Morgan fingerprint density at radius 2 is 2.27 bits per heavy atom. The molecule has 2 heterocycles. The number of fused-ring (bicyclic) bond motifs is 1. The van der Waals surface area contributed by atoms with Crippen molar-refractivity contribution in [1.29, 1.82) is 0 Å². The van der Waals surface area contributed by atoms with Gasteiger partial charge in [0.1, 0.15) is 0 Å². The van der Waals surface area contributed by atoms with Gasteiger partial charge in [-0.05, 0) is 42.2 Å². The lowest BCUT2D eigenvalue weighted by molar-refractivity contribution is 0.192. The summed E-state index contributed by atoms with van der Waals surface area (Å²) in [6.45, 7) is 2.85. The highest BCUT2D eigenvalue weighted by molar-refractivity contribution is 6.30. The van der Waals surface area contributed by atoms with Crippen molar-refractivity contribution in [3.8, 4) is 0 Å². The highest BCUT2D eigenvalue weighted by Gasteiger charge is 2.20. The molecule has 0 atom stereocenters. The van der Waals surface area contributed by atoms with Gasteiger partial charge in [0, 0.05) is 43.6 Å². The first-order chi connectivity index (χ1) is 10.7. The van der Waals surface area contributed by atoms with E-state index in [0.717, 1.165) is 31.0 Å². The lowest BCUT2D eigenvalue weighted by atomic mass is 10.0. The van der Waals surface area contributed by atoms with Gasteiger partial charge in [0.15, 0.2) is 0 Å². The van der Waals surface area contributed by atoms with Crippen LogP contribution in [0.2, 0.25) is 5.02 Å². The Balaban J connectivity index is 1.46. The Morgan fingerprint density at radius 1 is 1.36 bits per heavy atom. The van der Waals surface area contributed by atoms with Gasteiger partial charge in [-0.15, -0.1) is 0 Å². The van der Waals surface area contributed by atoms with E-state index in [-0.39, 0.29) is 6.03 Å². The summed E-state index contributed by atoms with van der Waals surface area (Å²) in [6, 6.07) is 7.79. The van der Waals surface area contributed by atoms with Crippen LogP contribution in [0.4, 0.5) is 4.79 Å². The average Bonchev–Trinajstić information content (AvgIpc) is 3.04. The SMILES string of the molecule is O=C(NCCCn1cccn1)N1CCc2cc(Cl)ccc2C1. The quantitative estimate of drug-likeness (QED) is 0.881. The maximum atomic E-state index is 12.2. The number of hydrogen-bond acceptors (Lipinski definition) is 2. The molecule has 0 fully saturated rings. The maximum absolute atomic E-state index is 12.2. The first-order valence-corrected chi connectivity index (χ1v) is 7.88. The molecule has 1 N–H and O–H groups in total. The smallest absolute Gasteiger partial charge is 0.317 e. The van der Waals surface area contributed by atoms with Crippen molar-refractivity contribution < 1.29 is 4.79 Å². The minimum Gasteiger partial charge on any atom is -0.338 e. The first-order valence-electron chi connectivity index (χ1n) is 7.50. The molecular formula is C16H19ClN4O. The van der Waals surface area contributed by atoms with E-state index < -0.39 is 0 Å². The molecule has 1 aromatic heterocycles. The predicted octanol–water partition coefficient (Wildman–Crippen LogP) is 2.69.